The van der Waals surface area contributed by atoms with Crippen LogP contribution in [0.4, 0.5) is 0 Å². The summed E-state index contributed by atoms with van der Waals surface area (Å²) in [5.41, 5.74) is 1.07. The molecule has 0 radical (unpaired) electrons. The molecular weight excluding hydrogens is 296 g/mol. The van der Waals surface area contributed by atoms with Crippen molar-refractivity contribution in [2.45, 2.75) is 24.8 Å². The molecule has 0 aliphatic heterocycles. The average Bonchev–Trinajstić information content (AvgIpc) is 3.08. The first-order valence-corrected chi connectivity index (χ1v) is 9.14. The molecule has 19 heavy (non-hydrogen) atoms. The summed E-state index contributed by atoms with van der Waals surface area (Å²) in [7, 11) is 0. The van der Waals surface area contributed by atoms with Gasteiger partial charge in [-0.25, -0.2) is 4.98 Å². The third kappa shape index (κ3) is 4.03. The molecule has 2 aromatic heterocycles. The second-order valence-electron chi connectivity index (χ2n) is 4.25. The molecule has 0 saturated carbocycles. The number of aromatic nitrogens is 1. The number of hydrogen-bond acceptors (Lipinski definition) is 6. The molecule has 0 saturated heterocycles. The fourth-order valence-corrected chi connectivity index (χ4v) is 4.02. The van der Waals surface area contributed by atoms with Gasteiger partial charge in [0.05, 0.1) is 17.2 Å². The van der Waals surface area contributed by atoms with Crippen molar-refractivity contribution in [3.63, 3.8) is 0 Å². The fraction of sp³-hybridized carbons (Fsp3) is 0.462. The lowest BCUT2D eigenvalue weighted by Gasteiger charge is -2.20. The van der Waals surface area contributed by atoms with Crippen molar-refractivity contribution >= 4 is 34.4 Å². The quantitative estimate of drug-likeness (QED) is 0.824. The molecule has 0 bridgehead atoms. The smallest absolute Gasteiger partial charge is 0.133 e. The van der Waals surface area contributed by atoms with Crippen LogP contribution in [0.15, 0.2) is 22.9 Å². The van der Waals surface area contributed by atoms with Crippen LogP contribution < -0.4 is 5.32 Å². The Bertz CT molecular complexity index is 480. The topological polar surface area (TPSA) is 45.1 Å². The van der Waals surface area contributed by atoms with E-state index in [-0.39, 0.29) is 17.9 Å². The van der Waals surface area contributed by atoms with Gasteiger partial charge in [-0.15, -0.1) is 22.7 Å². The van der Waals surface area contributed by atoms with Crippen LogP contribution in [0.25, 0.3) is 9.88 Å². The highest BCUT2D eigenvalue weighted by Gasteiger charge is 2.15. The molecule has 0 amide bonds. The standard InChI is InChI=1S/C13H18N2OS3/c1-9(12(7-16)17-2)14-6-10-8-19-13(15-10)11-4-3-5-18-11/h3-5,8-9,12,14,16H,6-7H2,1-2H3. The summed E-state index contributed by atoms with van der Waals surface area (Å²) in [5.74, 6) is 0. The first-order valence-electron chi connectivity index (χ1n) is 6.10. The van der Waals surface area contributed by atoms with Crippen LogP contribution in [0.3, 0.4) is 0 Å². The van der Waals surface area contributed by atoms with Gasteiger partial charge in [0.15, 0.2) is 0 Å². The number of rotatable bonds is 7. The lowest BCUT2D eigenvalue weighted by atomic mass is 10.2. The van der Waals surface area contributed by atoms with E-state index in [0.29, 0.717) is 0 Å². The van der Waals surface area contributed by atoms with Crippen LogP contribution >= 0.6 is 34.4 Å². The summed E-state index contributed by atoms with van der Waals surface area (Å²) in [6.45, 7) is 3.05. The van der Waals surface area contributed by atoms with E-state index in [4.69, 9.17) is 0 Å². The maximum absolute atomic E-state index is 9.25. The summed E-state index contributed by atoms with van der Waals surface area (Å²) in [6.07, 6.45) is 2.02. The zero-order valence-electron chi connectivity index (χ0n) is 11.0. The number of nitrogens with zero attached hydrogens (tertiary/aromatic N) is 1. The Morgan fingerprint density at radius 1 is 1.47 bits per heavy atom. The predicted molar refractivity (Wildman–Crippen MR) is 86.1 cm³/mol. The van der Waals surface area contributed by atoms with E-state index in [1.165, 1.54) is 4.88 Å². The zero-order chi connectivity index (χ0) is 13.7. The Morgan fingerprint density at radius 3 is 2.95 bits per heavy atom. The molecule has 0 aliphatic rings. The minimum absolute atomic E-state index is 0.201. The summed E-state index contributed by atoms with van der Waals surface area (Å²) in [5, 5.41) is 18.2. The van der Waals surface area contributed by atoms with Gasteiger partial charge in [-0.1, -0.05) is 6.07 Å². The first kappa shape index (κ1) is 15.0. The van der Waals surface area contributed by atoms with Crippen molar-refractivity contribution in [1.82, 2.24) is 10.3 Å². The van der Waals surface area contributed by atoms with Gasteiger partial charge in [-0.05, 0) is 24.6 Å². The molecule has 104 valence electrons. The van der Waals surface area contributed by atoms with Gasteiger partial charge in [-0.3, -0.25) is 0 Å². The summed E-state index contributed by atoms with van der Waals surface area (Å²) in [6, 6.07) is 4.41. The van der Waals surface area contributed by atoms with Crippen LogP contribution in [0, 0.1) is 0 Å². The van der Waals surface area contributed by atoms with Gasteiger partial charge in [0.2, 0.25) is 0 Å². The molecule has 0 aromatic carbocycles. The van der Waals surface area contributed by atoms with E-state index in [0.717, 1.165) is 17.2 Å². The van der Waals surface area contributed by atoms with Gasteiger partial charge in [0, 0.05) is 23.2 Å². The van der Waals surface area contributed by atoms with E-state index in [2.05, 4.69) is 34.1 Å². The minimum Gasteiger partial charge on any atom is -0.395 e. The number of thiazole rings is 1. The van der Waals surface area contributed by atoms with Gasteiger partial charge in [0.25, 0.3) is 0 Å². The largest absolute Gasteiger partial charge is 0.395 e. The van der Waals surface area contributed by atoms with Gasteiger partial charge >= 0.3 is 0 Å². The van der Waals surface area contributed by atoms with Crippen molar-refractivity contribution in [1.29, 1.82) is 0 Å². The van der Waals surface area contributed by atoms with E-state index in [1.807, 2.05) is 12.3 Å². The van der Waals surface area contributed by atoms with Crippen LogP contribution in [-0.4, -0.2) is 34.2 Å². The van der Waals surface area contributed by atoms with Crippen LogP contribution in [0.2, 0.25) is 0 Å². The van der Waals surface area contributed by atoms with E-state index in [1.54, 1.807) is 34.4 Å². The third-order valence-corrected chi connectivity index (χ3v) is 6.02. The van der Waals surface area contributed by atoms with Gasteiger partial charge in [0.1, 0.15) is 5.01 Å². The molecular formula is C13H18N2OS3. The van der Waals surface area contributed by atoms with Crippen molar-refractivity contribution in [3.05, 3.63) is 28.6 Å². The number of nitrogens with one attached hydrogen (secondary N) is 1. The monoisotopic (exact) mass is 314 g/mol. The summed E-state index contributed by atoms with van der Waals surface area (Å²) >= 11 is 5.09. The van der Waals surface area contributed by atoms with Crippen LogP contribution in [0.5, 0.6) is 0 Å². The Kier molecular flexibility index (Phi) is 5.84. The molecule has 2 N–H and O–H groups in total. The Labute approximate surface area is 126 Å². The highest BCUT2D eigenvalue weighted by atomic mass is 32.2. The zero-order valence-corrected chi connectivity index (χ0v) is 13.4. The Balaban J connectivity index is 1.90. The third-order valence-electron chi connectivity index (χ3n) is 2.93. The molecule has 2 rings (SSSR count). The molecule has 0 aliphatic carbocycles. The van der Waals surface area contributed by atoms with Gasteiger partial charge in [-0.2, -0.15) is 11.8 Å². The molecule has 2 aromatic rings. The second kappa shape index (κ2) is 7.40. The lowest BCUT2D eigenvalue weighted by molar-refractivity contribution is 0.275. The maximum Gasteiger partial charge on any atom is 0.133 e. The van der Waals surface area contributed by atoms with Crippen molar-refractivity contribution in [3.8, 4) is 9.88 Å². The molecule has 0 spiro atoms. The number of aliphatic hydroxyl groups excluding tert-OH is 1. The highest BCUT2D eigenvalue weighted by molar-refractivity contribution is 7.99. The molecule has 2 atom stereocenters. The van der Waals surface area contributed by atoms with E-state index >= 15 is 0 Å². The van der Waals surface area contributed by atoms with Crippen molar-refractivity contribution in [2.75, 3.05) is 12.9 Å². The Morgan fingerprint density at radius 2 is 2.32 bits per heavy atom. The minimum atomic E-state index is 0.201. The molecule has 2 unspecified atom stereocenters. The maximum atomic E-state index is 9.25. The predicted octanol–water partition coefficient (Wildman–Crippen LogP) is 3.07. The number of thiophene rings is 1. The van der Waals surface area contributed by atoms with Crippen molar-refractivity contribution in [2.24, 2.45) is 0 Å². The number of thioether (sulfide) groups is 1. The van der Waals surface area contributed by atoms with E-state index < -0.39 is 0 Å². The highest BCUT2D eigenvalue weighted by Crippen LogP contribution is 2.27. The normalized spacial score (nSPS) is 14.5. The van der Waals surface area contributed by atoms with Gasteiger partial charge < -0.3 is 10.4 Å². The summed E-state index contributed by atoms with van der Waals surface area (Å²) in [4.78, 5) is 5.86. The number of hydrogen-bond donors (Lipinski definition) is 2. The lowest BCUT2D eigenvalue weighted by Crippen LogP contribution is -2.37. The molecule has 0 fully saturated rings. The Hall–Kier alpha value is -0.400. The fourth-order valence-electron chi connectivity index (χ4n) is 1.74. The molecule has 2 heterocycles. The first-order chi connectivity index (χ1) is 9.24. The van der Waals surface area contributed by atoms with Crippen LogP contribution in [0.1, 0.15) is 12.6 Å². The van der Waals surface area contributed by atoms with Crippen molar-refractivity contribution < 1.29 is 5.11 Å². The summed E-state index contributed by atoms with van der Waals surface area (Å²) < 4.78 is 0. The second-order valence-corrected chi connectivity index (χ2v) is 7.13. The SMILES string of the molecule is CSC(CO)C(C)NCc1csc(-c2cccs2)n1. The van der Waals surface area contributed by atoms with E-state index in [9.17, 15) is 5.11 Å². The molecule has 6 heteroatoms. The molecule has 3 nitrogen and oxygen atoms in total. The van der Waals surface area contributed by atoms with Crippen LogP contribution in [-0.2, 0) is 6.54 Å². The average molecular weight is 315 g/mol. The number of aliphatic hydroxyl groups is 1.